The van der Waals surface area contributed by atoms with E-state index in [1.807, 2.05) is 30.6 Å². The summed E-state index contributed by atoms with van der Waals surface area (Å²) in [7, 11) is 0. The van der Waals surface area contributed by atoms with E-state index in [0.717, 1.165) is 23.8 Å². The summed E-state index contributed by atoms with van der Waals surface area (Å²) >= 11 is 1.67. The topological polar surface area (TPSA) is 34.1 Å². The number of benzene rings is 1. The van der Waals surface area contributed by atoms with Gasteiger partial charge in [0.2, 0.25) is 0 Å². The third-order valence-electron chi connectivity index (χ3n) is 2.32. The third kappa shape index (κ3) is 3.84. The van der Waals surface area contributed by atoms with E-state index < -0.39 is 0 Å². The molecule has 0 saturated heterocycles. The molecule has 17 heavy (non-hydrogen) atoms. The Bertz CT molecular complexity index is 425. The van der Waals surface area contributed by atoms with Gasteiger partial charge in [-0.25, -0.2) is 4.98 Å². The van der Waals surface area contributed by atoms with Gasteiger partial charge in [-0.1, -0.05) is 12.1 Å². The fourth-order valence-electron chi connectivity index (χ4n) is 1.52. The molecular formula is C13H16N2OS. The van der Waals surface area contributed by atoms with E-state index in [1.165, 1.54) is 5.56 Å². The van der Waals surface area contributed by atoms with Crippen LogP contribution in [0.1, 0.15) is 17.5 Å². The van der Waals surface area contributed by atoms with Crippen LogP contribution in [-0.4, -0.2) is 11.6 Å². The fraction of sp³-hybridized carbons (Fsp3) is 0.308. The average Bonchev–Trinajstić information content (AvgIpc) is 2.85. The minimum Gasteiger partial charge on any atom is -0.494 e. The summed E-state index contributed by atoms with van der Waals surface area (Å²) in [6.07, 6.45) is 1.83. The molecule has 0 aliphatic rings. The number of hydrogen-bond donors (Lipinski definition) is 1. The lowest BCUT2D eigenvalue weighted by Crippen LogP contribution is -2.12. The monoisotopic (exact) mass is 248 g/mol. The number of nitrogens with zero attached hydrogens (tertiary/aromatic N) is 1. The van der Waals surface area contributed by atoms with Crippen LogP contribution in [0.3, 0.4) is 0 Å². The van der Waals surface area contributed by atoms with Crippen molar-refractivity contribution >= 4 is 11.3 Å². The molecule has 1 N–H and O–H groups in total. The summed E-state index contributed by atoms with van der Waals surface area (Å²) in [5.41, 5.74) is 1.25. The van der Waals surface area contributed by atoms with Crippen molar-refractivity contribution < 1.29 is 4.74 Å². The lowest BCUT2D eigenvalue weighted by molar-refractivity contribution is 0.340. The molecule has 2 rings (SSSR count). The van der Waals surface area contributed by atoms with Gasteiger partial charge in [-0.15, -0.1) is 11.3 Å². The van der Waals surface area contributed by atoms with Crippen LogP contribution in [0.4, 0.5) is 0 Å². The average molecular weight is 248 g/mol. The van der Waals surface area contributed by atoms with Crippen LogP contribution in [0, 0.1) is 0 Å². The number of thiazole rings is 1. The van der Waals surface area contributed by atoms with Crippen molar-refractivity contribution in [3.8, 4) is 5.75 Å². The van der Waals surface area contributed by atoms with Gasteiger partial charge in [-0.2, -0.15) is 0 Å². The van der Waals surface area contributed by atoms with Gasteiger partial charge < -0.3 is 10.1 Å². The van der Waals surface area contributed by atoms with Gasteiger partial charge in [0, 0.05) is 24.7 Å². The first-order valence-corrected chi connectivity index (χ1v) is 6.57. The zero-order chi connectivity index (χ0) is 11.9. The molecule has 0 bridgehead atoms. The number of ether oxygens (including phenoxy) is 1. The van der Waals surface area contributed by atoms with E-state index >= 15 is 0 Å². The molecule has 0 amide bonds. The normalized spacial score (nSPS) is 10.4. The molecule has 1 aromatic carbocycles. The molecule has 3 nitrogen and oxygen atoms in total. The number of nitrogens with one attached hydrogen (secondary N) is 1. The summed E-state index contributed by atoms with van der Waals surface area (Å²) in [5.74, 6) is 0.927. The first kappa shape index (κ1) is 12.1. The maximum absolute atomic E-state index is 5.40. The highest BCUT2D eigenvalue weighted by molar-refractivity contribution is 7.09. The van der Waals surface area contributed by atoms with Crippen molar-refractivity contribution in [3.63, 3.8) is 0 Å². The summed E-state index contributed by atoms with van der Waals surface area (Å²) in [4.78, 5) is 4.22. The molecule has 4 heteroatoms. The predicted octanol–water partition coefficient (Wildman–Crippen LogP) is 2.83. The second-order valence-corrected chi connectivity index (χ2v) is 4.59. The summed E-state index contributed by atoms with van der Waals surface area (Å²) < 4.78 is 5.40. The number of rotatable bonds is 6. The van der Waals surface area contributed by atoms with Gasteiger partial charge in [0.25, 0.3) is 0 Å². The second kappa shape index (κ2) is 6.37. The molecular weight excluding hydrogens is 232 g/mol. The van der Waals surface area contributed by atoms with E-state index in [1.54, 1.807) is 11.3 Å². The Hall–Kier alpha value is -1.39. The Balaban J connectivity index is 1.79. The highest BCUT2D eigenvalue weighted by Crippen LogP contribution is 2.12. The van der Waals surface area contributed by atoms with Gasteiger partial charge in [-0.3, -0.25) is 0 Å². The van der Waals surface area contributed by atoms with Crippen molar-refractivity contribution in [2.75, 3.05) is 6.61 Å². The highest BCUT2D eigenvalue weighted by Gasteiger charge is 1.97. The van der Waals surface area contributed by atoms with E-state index in [-0.39, 0.29) is 0 Å². The quantitative estimate of drug-likeness (QED) is 0.853. The van der Waals surface area contributed by atoms with Crippen LogP contribution in [0.25, 0.3) is 0 Å². The first-order valence-electron chi connectivity index (χ1n) is 5.69. The Morgan fingerprint density at radius 3 is 2.71 bits per heavy atom. The molecule has 0 aliphatic carbocycles. The van der Waals surface area contributed by atoms with Gasteiger partial charge in [0.15, 0.2) is 0 Å². The molecule has 0 atom stereocenters. The van der Waals surface area contributed by atoms with Crippen LogP contribution < -0.4 is 10.1 Å². The smallest absolute Gasteiger partial charge is 0.119 e. The maximum atomic E-state index is 5.40. The Labute approximate surface area is 105 Å². The van der Waals surface area contributed by atoms with Gasteiger partial charge >= 0.3 is 0 Å². The van der Waals surface area contributed by atoms with Crippen molar-refractivity contribution in [1.82, 2.24) is 10.3 Å². The third-order valence-corrected chi connectivity index (χ3v) is 3.10. The molecule has 0 radical (unpaired) electrons. The van der Waals surface area contributed by atoms with Crippen LogP contribution >= 0.6 is 11.3 Å². The van der Waals surface area contributed by atoms with Gasteiger partial charge in [0.1, 0.15) is 10.8 Å². The van der Waals surface area contributed by atoms with Crippen molar-refractivity contribution in [3.05, 3.63) is 46.4 Å². The zero-order valence-electron chi connectivity index (χ0n) is 9.85. The van der Waals surface area contributed by atoms with Crippen LogP contribution in [0.2, 0.25) is 0 Å². The Morgan fingerprint density at radius 2 is 2.06 bits per heavy atom. The molecule has 0 aliphatic heterocycles. The lowest BCUT2D eigenvalue weighted by atomic mass is 10.2. The highest BCUT2D eigenvalue weighted by atomic mass is 32.1. The number of aromatic nitrogens is 1. The van der Waals surface area contributed by atoms with E-state index in [2.05, 4.69) is 22.4 Å². The Kier molecular flexibility index (Phi) is 4.53. The van der Waals surface area contributed by atoms with Crippen LogP contribution in [-0.2, 0) is 13.1 Å². The van der Waals surface area contributed by atoms with Gasteiger partial charge in [0.05, 0.1) is 6.61 Å². The number of hydrogen-bond acceptors (Lipinski definition) is 4. The molecule has 2 aromatic rings. The van der Waals surface area contributed by atoms with Crippen molar-refractivity contribution in [2.45, 2.75) is 20.0 Å². The molecule has 0 saturated carbocycles. The fourth-order valence-corrected chi connectivity index (χ4v) is 2.11. The van der Waals surface area contributed by atoms with Crippen molar-refractivity contribution in [1.29, 1.82) is 0 Å². The van der Waals surface area contributed by atoms with Crippen LogP contribution in [0.15, 0.2) is 35.8 Å². The standard InChI is InChI=1S/C13H16N2OS/c1-2-16-12-5-3-11(4-6-12)9-14-10-13-15-7-8-17-13/h3-8,14H,2,9-10H2,1H3. The summed E-state index contributed by atoms with van der Waals surface area (Å²) in [6, 6.07) is 8.17. The van der Waals surface area contributed by atoms with E-state index in [4.69, 9.17) is 4.74 Å². The SMILES string of the molecule is CCOc1ccc(CNCc2nccs2)cc1. The largest absolute Gasteiger partial charge is 0.494 e. The molecule has 0 fully saturated rings. The Morgan fingerprint density at radius 1 is 1.24 bits per heavy atom. The second-order valence-electron chi connectivity index (χ2n) is 3.61. The maximum Gasteiger partial charge on any atom is 0.119 e. The molecule has 0 spiro atoms. The minimum absolute atomic E-state index is 0.710. The molecule has 90 valence electrons. The van der Waals surface area contributed by atoms with Gasteiger partial charge in [-0.05, 0) is 24.6 Å². The molecule has 0 unspecified atom stereocenters. The molecule has 1 heterocycles. The minimum atomic E-state index is 0.710. The zero-order valence-corrected chi connectivity index (χ0v) is 10.7. The van der Waals surface area contributed by atoms with E-state index in [0.29, 0.717) is 6.61 Å². The molecule has 1 aromatic heterocycles. The van der Waals surface area contributed by atoms with E-state index in [9.17, 15) is 0 Å². The summed E-state index contributed by atoms with van der Waals surface area (Å²) in [5, 5.41) is 6.48. The summed E-state index contributed by atoms with van der Waals surface area (Å²) in [6.45, 7) is 4.38. The predicted molar refractivity (Wildman–Crippen MR) is 70.3 cm³/mol. The van der Waals surface area contributed by atoms with Crippen LogP contribution in [0.5, 0.6) is 5.75 Å². The van der Waals surface area contributed by atoms with Crippen molar-refractivity contribution in [2.24, 2.45) is 0 Å². The first-order chi connectivity index (χ1) is 8.38. The lowest BCUT2D eigenvalue weighted by Gasteiger charge is -2.05.